The van der Waals surface area contributed by atoms with E-state index >= 15 is 0 Å². The lowest BCUT2D eigenvalue weighted by Gasteiger charge is -2.38. The highest BCUT2D eigenvalue weighted by molar-refractivity contribution is 5.35. The van der Waals surface area contributed by atoms with E-state index in [9.17, 15) is 5.11 Å². The Hall–Kier alpha value is -3.28. The summed E-state index contributed by atoms with van der Waals surface area (Å²) in [6.07, 6.45) is 1.81. The molecule has 4 aromatic rings. The molecule has 4 atom stereocenters. The van der Waals surface area contributed by atoms with Gasteiger partial charge in [-0.1, -0.05) is 116 Å². The molecule has 208 valence electrons. The fraction of sp³-hybridized carbons (Fsp3) is 0.333. The van der Waals surface area contributed by atoms with Gasteiger partial charge >= 0.3 is 0 Å². The molecule has 1 fully saturated rings. The van der Waals surface area contributed by atoms with Crippen LogP contribution >= 0.6 is 0 Å². The number of aliphatic hydroxyl groups excluding tert-OH is 1. The highest BCUT2D eigenvalue weighted by Gasteiger charge is 2.35. The van der Waals surface area contributed by atoms with Crippen molar-refractivity contribution in [3.63, 3.8) is 0 Å². The molecule has 0 radical (unpaired) electrons. The second kappa shape index (κ2) is 14.4. The maximum Gasteiger partial charge on any atom is 0.106 e. The van der Waals surface area contributed by atoms with Gasteiger partial charge < -0.3 is 19.3 Å². The number of ether oxygens (including phenoxy) is 3. The molecule has 5 rings (SSSR count). The molecule has 1 aliphatic heterocycles. The summed E-state index contributed by atoms with van der Waals surface area (Å²) in [5.41, 5.74) is 6.87. The monoisotopic (exact) mass is 536 g/mol. The molecular weight excluding hydrogens is 496 g/mol. The van der Waals surface area contributed by atoms with Crippen molar-refractivity contribution >= 4 is 0 Å². The Labute approximate surface area is 238 Å². The summed E-state index contributed by atoms with van der Waals surface area (Å²) in [5, 5.41) is 11.7. The lowest BCUT2D eigenvalue weighted by Crippen LogP contribution is -2.42. The van der Waals surface area contributed by atoms with Crippen molar-refractivity contribution in [1.82, 2.24) is 0 Å². The average Bonchev–Trinajstić information content (AvgIpc) is 3.01. The third kappa shape index (κ3) is 7.89. The van der Waals surface area contributed by atoms with Gasteiger partial charge in [0.1, 0.15) is 6.10 Å². The van der Waals surface area contributed by atoms with Gasteiger partial charge in [-0.15, -0.1) is 0 Å². The summed E-state index contributed by atoms with van der Waals surface area (Å²) in [4.78, 5) is 0. The first kappa shape index (κ1) is 28.3. The van der Waals surface area contributed by atoms with E-state index in [1.807, 2.05) is 54.6 Å². The van der Waals surface area contributed by atoms with Crippen LogP contribution in [0.3, 0.4) is 0 Å². The maximum absolute atomic E-state index is 11.7. The zero-order valence-electron chi connectivity index (χ0n) is 23.3. The number of hydrogen-bond donors (Lipinski definition) is 1. The molecule has 40 heavy (non-hydrogen) atoms. The van der Waals surface area contributed by atoms with Crippen LogP contribution in [0.15, 0.2) is 109 Å². The Balaban J connectivity index is 1.29. The van der Waals surface area contributed by atoms with E-state index < -0.39 is 6.10 Å². The minimum absolute atomic E-state index is 0.0346. The smallest absolute Gasteiger partial charge is 0.106 e. The quantitative estimate of drug-likeness (QED) is 0.208. The van der Waals surface area contributed by atoms with Crippen LogP contribution in [0, 0.1) is 0 Å². The highest BCUT2D eigenvalue weighted by Crippen LogP contribution is 2.33. The first-order valence-corrected chi connectivity index (χ1v) is 14.4. The normalized spacial score (nSPS) is 19.8. The summed E-state index contributed by atoms with van der Waals surface area (Å²) < 4.78 is 18.9. The van der Waals surface area contributed by atoms with Crippen molar-refractivity contribution < 1.29 is 19.3 Å². The van der Waals surface area contributed by atoms with Crippen molar-refractivity contribution in [3.8, 4) is 0 Å². The number of benzene rings is 4. The predicted molar refractivity (Wildman–Crippen MR) is 159 cm³/mol. The molecule has 1 N–H and O–H groups in total. The van der Waals surface area contributed by atoms with Gasteiger partial charge in [-0.2, -0.15) is 0 Å². The number of aryl methyl sites for hydroxylation is 1. The van der Waals surface area contributed by atoms with Gasteiger partial charge in [0.2, 0.25) is 0 Å². The Bertz CT molecular complexity index is 1290. The third-order valence-electron chi connectivity index (χ3n) is 7.68. The molecule has 1 aliphatic rings. The van der Waals surface area contributed by atoms with Crippen molar-refractivity contribution in [3.05, 3.63) is 143 Å². The van der Waals surface area contributed by atoms with Crippen LogP contribution in [-0.2, 0) is 40.3 Å². The fourth-order valence-corrected chi connectivity index (χ4v) is 5.42. The van der Waals surface area contributed by atoms with Gasteiger partial charge in [-0.3, -0.25) is 0 Å². The van der Waals surface area contributed by atoms with E-state index in [0.717, 1.165) is 41.5 Å². The Morgan fingerprint density at radius 1 is 0.725 bits per heavy atom. The predicted octanol–water partition coefficient (Wildman–Crippen LogP) is 7.22. The van der Waals surface area contributed by atoms with Gasteiger partial charge in [0.25, 0.3) is 0 Å². The number of rotatable bonds is 12. The first-order chi connectivity index (χ1) is 19.7. The van der Waals surface area contributed by atoms with Gasteiger partial charge in [0.15, 0.2) is 0 Å². The van der Waals surface area contributed by atoms with Gasteiger partial charge in [-0.25, -0.2) is 0 Å². The summed E-state index contributed by atoms with van der Waals surface area (Å²) in [5.74, 6) is 0. The molecule has 4 aromatic carbocycles. The summed E-state index contributed by atoms with van der Waals surface area (Å²) in [7, 11) is 0. The molecule has 4 heteroatoms. The van der Waals surface area contributed by atoms with Crippen molar-refractivity contribution in [2.24, 2.45) is 0 Å². The molecule has 1 heterocycles. The van der Waals surface area contributed by atoms with Crippen molar-refractivity contribution in [1.29, 1.82) is 0 Å². The molecule has 1 saturated heterocycles. The van der Waals surface area contributed by atoms with E-state index in [2.05, 4.69) is 61.5 Å². The molecule has 4 nitrogen and oxygen atoms in total. The van der Waals surface area contributed by atoms with Crippen LogP contribution in [0.25, 0.3) is 0 Å². The van der Waals surface area contributed by atoms with Crippen LogP contribution in [0.2, 0.25) is 0 Å². The summed E-state index contributed by atoms with van der Waals surface area (Å²) in [6, 6.07) is 37.3. The lowest BCUT2D eigenvalue weighted by molar-refractivity contribution is -0.169. The van der Waals surface area contributed by atoms with Crippen LogP contribution in [0.1, 0.15) is 59.3 Å². The maximum atomic E-state index is 11.7. The van der Waals surface area contributed by atoms with Crippen molar-refractivity contribution in [2.45, 2.75) is 70.2 Å². The average molecular weight is 537 g/mol. The molecule has 0 bridgehead atoms. The largest absolute Gasteiger partial charge is 0.386 e. The Kier molecular flexibility index (Phi) is 10.2. The van der Waals surface area contributed by atoms with E-state index in [0.29, 0.717) is 26.2 Å². The highest BCUT2D eigenvalue weighted by atomic mass is 16.6. The first-order valence-electron chi connectivity index (χ1n) is 14.4. The molecule has 0 aliphatic carbocycles. The minimum atomic E-state index is -0.758. The second-order valence-corrected chi connectivity index (χ2v) is 10.7. The van der Waals surface area contributed by atoms with Crippen LogP contribution in [0.5, 0.6) is 0 Å². The molecular formula is C36H40O4. The summed E-state index contributed by atoms with van der Waals surface area (Å²) >= 11 is 0. The molecule has 0 spiro atoms. The van der Waals surface area contributed by atoms with E-state index in [4.69, 9.17) is 14.2 Å². The zero-order valence-corrected chi connectivity index (χ0v) is 23.3. The summed E-state index contributed by atoms with van der Waals surface area (Å²) in [6.45, 7) is 3.69. The fourth-order valence-electron chi connectivity index (χ4n) is 5.42. The Morgan fingerprint density at radius 2 is 1.35 bits per heavy atom. The molecule has 0 amide bonds. The van der Waals surface area contributed by atoms with Gasteiger partial charge in [0.05, 0.1) is 38.1 Å². The SMILES string of the molecule is CCc1ccc(Cc2ccccc2C(O)C2CC(OCc3ccccc3)CC(COCc3ccccc3)O2)cc1. The van der Waals surface area contributed by atoms with Crippen LogP contribution < -0.4 is 0 Å². The van der Waals surface area contributed by atoms with Crippen molar-refractivity contribution in [2.75, 3.05) is 6.61 Å². The second-order valence-electron chi connectivity index (χ2n) is 10.7. The standard InChI is InChI=1S/C36H40O4/c1-2-27-17-19-28(20-18-27)21-31-15-9-10-16-34(31)36(37)35-23-32(39-25-30-13-7-4-8-14-30)22-33(40-35)26-38-24-29-11-5-3-6-12-29/h3-20,32-33,35-37H,2,21-26H2,1H3. The molecule has 0 saturated carbocycles. The minimum Gasteiger partial charge on any atom is -0.386 e. The van der Waals surface area contributed by atoms with Crippen LogP contribution in [0.4, 0.5) is 0 Å². The van der Waals surface area contributed by atoms with Gasteiger partial charge in [-0.05, 0) is 46.2 Å². The van der Waals surface area contributed by atoms with Crippen LogP contribution in [-0.4, -0.2) is 30.0 Å². The van der Waals surface area contributed by atoms with E-state index in [1.165, 1.54) is 11.1 Å². The third-order valence-corrected chi connectivity index (χ3v) is 7.68. The molecule has 0 aromatic heterocycles. The lowest BCUT2D eigenvalue weighted by atomic mass is 9.90. The van der Waals surface area contributed by atoms with E-state index in [-0.39, 0.29) is 18.3 Å². The zero-order chi connectivity index (χ0) is 27.6. The Morgan fingerprint density at radius 3 is 2.05 bits per heavy atom. The van der Waals surface area contributed by atoms with E-state index in [1.54, 1.807) is 0 Å². The van der Waals surface area contributed by atoms with Gasteiger partial charge in [0, 0.05) is 12.8 Å². The topological polar surface area (TPSA) is 47.9 Å². The number of hydrogen-bond acceptors (Lipinski definition) is 4. The number of aliphatic hydroxyl groups is 1. The molecule has 4 unspecified atom stereocenters.